The molecule has 0 aliphatic heterocycles. The summed E-state index contributed by atoms with van der Waals surface area (Å²) in [6.45, 7) is 3.87. The van der Waals surface area contributed by atoms with Gasteiger partial charge in [-0.2, -0.15) is 30.7 Å². The summed E-state index contributed by atoms with van der Waals surface area (Å²) in [5, 5.41) is 18.4. The fourth-order valence-corrected chi connectivity index (χ4v) is 1.99. The van der Waals surface area contributed by atoms with Crippen molar-refractivity contribution in [2.45, 2.75) is 6.61 Å². The van der Waals surface area contributed by atoms with Gasteiger partial charge in [0.25, 0.3) is 5.97 Å². The molecular formula is C21H19NO4U-2. The summed E-state index contributed by atoms with van der Waals surface area (Å²) in [4.78, 5) is 10.8. The Morgan fingerprint density at radius 3 is 2.37 bits per heavy atom. The van der Waals surface area contributed by atoms with E-state index < -0.39 is 5.97 Å². The van der Waals surface area contributed by atoms with Crippen molar-refractivity contribution < 1.29 is 50.9 Å². The first-order valence-electron chi connectivity index (χ1n) is 7.78. The van der Waals surface area contributed by atoms with Gasteiger partial charge < -0.3 is 20.7 Å². The van der Waals surface area contributed by atoms with Gasteiger partial charge in [-0.1, -0.05) is 36.0 Å². The van der Waals surface area contributed by atoms with Crippen LogP contribution in [-0.2, 0) is 6.61 Å². The summed E-state index contributed by atoms with van der Waals surface area (Å²) in [5.74, 6) is -0.478. The number of rotatable bonds is 4. The van der Waals surface area contributed by atoms with Crippen LogP contribution in [0.4, 0.5) is 5.69 Å². The first-order valence-corrected chi connectivity index (χ1v) is 7.78. The molecule has 138 valence electrons. The Hall–Kier alpha value is -2.55. The molecule has 0 bridgehead atoms. The summed E-state index contributed by atoms with van der Waals surface area (Å²) in [6.07, 6.45) is 0. The summed E-state index contributed by atoms with van der Waals surface area (Å²) in [7, 11) is 0. The smallest absolute Gasteiger partial charge is 0.278 e. The van der Waals surface area contributed by atoms with Crippen LogP contribution in [0.15, 0.2) is 66.7 Å². The van der Waals surface area contributed by atoms with Gasteiger partial charge in [-0.15, -0.1) is 18.2 Å². The summed E-state index contributed by atoms with van der Waals surface area (Å²) < 4.78 is 5.41. The van der Waals surface area contributed by atoms with Crippen molar-refractivity contribution in [2.75, 3.05) is 5.73 Å². The van der Waals surface area contributed by atoms with E-state index in [1.54, 1.807) is 30.3 Å². The van der Waals surface area contributed by atoms with Crippen LogP contribution in [0.1, 0.15) is 21.5 Å². The van der Waals surface area contributed by atoms with E-state index in [1.165, 1.54) is 12.1 Å². The number of hydrogen-bond donors (Lipinski definition) is 3. The molecule has 6 heteroatoms. The number of benzene rings is 3. The molecule has 0 heterocycles. The zero-order valence-corrected chi connectivity index (χ0v) is 18.7. The van der Waals surface area contributed by atoms with Crippen LogP contribution in [-0.4, -0.2) is 16.2 Å². The number of phenolic OH excluding ortho intramolecular Hbond substituents is 1. The number of nitrogen functional groups attached to an aromatic ring is 1. The summed E-state index contributed by atoms with van der Waals surface area (Å²) in [6, 6.07) is 21.4. The molecule has 27 heavy (non-hydrogen) atoms. The second kappa shape index (κ2) is 11.2. The Balaban J connectivity index is 0.000000342. The average Bonchev–Trinajstić information content (AvgIpc) is 2.64. The number of carboxylic acid groups (broad SMARTS) is 1. The van der Waals surface area contributed by atoms with Crippen molar-refractivity contribution >= 4 is 11.7 Å². The van der Waals surface area contributed by atoms with Crippen LogP contribution in [0.3, 0.4) is 0 Å². The first-order chi connectivity index (χ1) is 12.5. The van der Waals surface area contributed by atoms with Crippen molar-refractivity contribution in [3.05, 3.63) is 96.4 Å². The standard InChI is InChI=1S/C14H11O4.C7H8N.U/c15-13-7-2-1-4-11(13)9-18-12-6-3-5-10(8-12)14(16)17;1-6-4-2-3-5-7(6)8;/h1-2,4-8,15H,9H2,(H,16,17);2-5H,1,8H2;/q2*-1;. The molecule has 5 nitrogen and oxygen atoms in total. The van der Waals surface area contributed by atoms with Crippen LogP contribution in [0, 0.1) is 44.1 Å². The van der Waals surface area contributed by atoms with Crippen molar-refractivity contribution in [3.8, 4) is 11.5 Å². The third-order valence-corrected chi connectivity index (χ3v) is 3.45. The molecule has 0 spiro atoms. The first kappa shape index (κ1) is 22.5. The molecule has 0 fully saturated rings. The van der Waals surface area contributed by atoms with E-state index in [4.69, 9.17) is 15.6 Å². The van der Waals surface area contributed by atoms with Gasteiger partial charge in [0.05, 0.1) is 0 Å². The molecule has 0 saturated carbocycles. The van der Waals surface area contributed by atoms with Gasteiger partial charge in [-0.3, -0.25) is 4.79 Å². The second-order valence-electron chi connectivity index (χ2n) is 5.38. The van der Waals surface area contributed by atoms with Gasteiger partial charge in [0.2, 0.25) is 0 Å². The molecule has 0 amide bonds. The number of para-hydroxylation sites is 2. The number of nitrogens with two attached hydrogens (primary N) is 1. The second-order valence-corrected chi connectivity index (χ2v) is 5.38. The topological polar surface area (TPSA) is 92.8 Å². The molecule has 0 aliphatic rings. The monoisotopic (exact) mass is 587 g/mol. The molecule has 0 aromatic heterocycles. The number of phenols is 1. The molecule has 0 atom stereocenters. The predicted octanol–water partition coefficient (Wildman–Crippen LogP) is 3.92. The van der Waals surface area contributed by atoms with E-state index in [2.05, 4.69) is 13.0 Å². The normalized spacial score (nSPS) is 9.33. The predicted molar refractivity (Wildman–Crippen MR) is 100.0 cm³/mol. The van der Waals surface area contributed by atoms with E-state index in [0.717, 1.165) is 11.3 Å². The van der Waals surface area contributed by atoms with Gasteiger partial charge in [-0.25, -0.2) is 0 Å². The number of aromatic carboxylic acids is 1. The average molecular weight is 587 g/mol. The van der Waals surface area contributed by atoms with Gasteiger partial charge in [0.15, 0.2) is 0 Å². The Morgan fingerprint density at radius 1 is 1.11 bits per heavy atom. The third-order valence-electron chi connectivity index (χ3n) is 3.45. The molecule has 3 aromatic carbocycles. The third kappa shape index (κ3) is 7.30. The van der Waals surface area contributed by atoms with Crippen molar-refractivity contribution in [1.29, 1.82) is 0 Å². The molecule has 3 rings (SSSR count). The largest absolute Gasteiger partial charge is 0.547 e. The van der Waals surface area contributed by atoms with Crippen molar-refractivity contribution in [2.24, 2.45) is 0 Å². The van der Waals surface area contributed by atoms with Gasteiger partial charge in [0.1, 0.15) is 12.4 Å². The maximum atomic E-state index is 10.8. The Bertz CT molecular complexity index is 862. The van der Waals surface area contributed by atoms with Crippen LogP contribution < -0.4 is 10.5 Å². The van der Waals surface area contributed by atoms with E-state index in [9.17, 15) is 9.90 Å². The maximum absolute atomic E-state index is 10.8. The Morgan fingerprint density at radius 2 is 1.78 bits per heavy atom. The molecular weight excluding hydrogens is 568 g/mol. The fraction of sp³-hybridized carbons (Fsp3) is 0.0476. The SMILES string of the molecule is O=C(O)c1c[c-]cc(OCc2ccccc2O)c1.[CH2-]c1ccccc1N.[U]. The Kier molecular flexibility index (Phi) is 9.35. The molecule has 0 unspecified atom stereocenters. The van der Waals surface area contributed by atoms with Gasteiger partial charge >= 0.3 is 0 Å². The number of anilines is 1. The molecule has 0 aliphatic carbocycles. The zero-order chi connectivity index (χ0) is 18.9. The van der Waals surface area contributed by atoms with E-state index in [0.29, 0.717) is 11.3 Å². The summed E-state index contributed by atoms with van der Waals surface area (Å²) in [5.41, 5.74) is 7.86. The molecule has 4 N–H and O–H groups in total. The molecule has 0 saturated heterocycles. The fourth-order valence-electron chi connectivity index (χ4n) is 1.99. The minimum atomic E-state index is -1.03. The number of carboxylic acids is 1. The number of hydrogen-bond acceptors (Lipinski definition) is 4. The quantitative estimate of drug-likeness (QED) is 0.318. The zero-order valence-electron chi connectivity index (χ0n) is 14.6. The van der Waals surface area contributed by atoms with Crippen molar-refractivity contribution in [3.63, 3.8) is 0 Å². The van der Waals surface area contributed by atoms with E-state index in [1.807, 2.05) is 24.3 Å². The van der Waals surface area contributed by atoms with Crippen LogP contribution in [0.25, 0.3) is 0 Å². The maximum Gasteiger partial charge on any atom is 0.278 e. The van der Waals surface area contributed by atoms with E-state index in [-0.39, 0.29) is 49.0 Å². The minimum absolute atomic E-state index is 0. The minimum Gasteiger partial charge on any atom is -0.547 e. The summed E-state index contributed by atoms with van der Waals surface area (Å²) >= 11 is 0. The van der Waals surface area contributed by atoms with Crippen LogP contribution >= 0.6 is 0 Å². The van der Waals surface area contributed by atoms with E-state index >= 15 is 0 Å². The number of ether oxygens (including phenoxy) is 1. The molecule has 0 radical (unpaired) electrons. The van der Waals surface area contributed by atoms with Crippen molar-refractivity contribution in [1.82, 2.24) is 0 Å². The number of carbonyl (C=O) groups is 1. The van der Waals surface area contributed by atoms with Gasteiger partial charge in [0, 0.05) is 42.4 Å². The Labute approximate surface area is 182 Å². The van der Waals surface area contributed by atoms with Crippen LogP contribution in [0.2, 0.25) is 0 Å². The number of aromatic hydroxyl groups is 1. The van der Waals surface area contributed by atoms with Gasteiger partial charge in [-0.05, 0) is 11.6 Å². The van der Waals surface area contributed by atoms with Crippen LogP contribution in [0.5, 0.6) is 11.5 Å². The molecule has 3 aromatic rings.